The molecule has 0 bridgehead atoms. The fourth-order valence-electron chi connectivity index (χ4n) is 2.94. The van der Waals surface area contributed by atoms with Crippen LogP contribution in [-0.4, -0.2) is 16.8 Å². The molecule has 1 aliphatic rings. The predicted octanol–water partition coefficient (Wildman–Crippen LogP) is 3.06. The second-order valence-electron chi connectivity index (χ2n) is 5.26. The lowest BCUT2D eigenvalue weighted by Crippen LogP contribution is -2.19. The summed E-state index contributed by atoms with van der Waals surface area (Å²) in [7, 11) is 4.04. The van der Waals surface area contributed by atoms with Gasteiger partial charge < -0.3 is 5.32 Å². The van der Waals surface area contributed by atoms with Gasteiger partial charge >= 0.3 is 0 Å². The molecule has 0 amide bonds. The molecule has 1 N–H and O–H groups in total. The highest BCUT2D eigenvalue weighted by Gasteiger charge is 2.20. The highest BCUT2D eigenvalue weighted by Crippen LogP contribution is 2.34. The summed E-state index contributed by atoms with van der Waals surface area (Å²) in [6.07, 6.45) is 8.48. The van der Waals surface area contributed by atoms with Gasteiger partial charge in [-0.1, -0.05) is 6.42 Å². The van der Waals surface area contributed by atoms with Crippen LogP contribution in [0.5, 0.6) is 0 Å². The van der Waals surface area contributed by atoms with E-state index in [1.165, 1.54) is 42.7 Å². The van der Waals surface area contributed by atoms with Crippen LogP contribution in [0, 0.1) is 0 Å². The van der Waals surface area contributed by atoms with Gasteiger partial charge in [0.1, 0.15) is 0 Å². The van der Waals surface area contributed by atoms with Gasteiger partial charge in [-0.15, -0.1) is 11.3 Å². The Morgan fingerprint density at radius 3 is 2.89 bits per heavy atom. The number of aryl methyl sites for hydroxylation is 3. The van der Waals surface area contributed by atoms with Gasteiger partial charge in [-0.2, -0.15) is 5.10 Å². The molecule has 3 nitrogen and oxygen atoms in total. The van der Waals surface area contributed by atoms with E-state index in [0.29, 0.717) is 0 Å². The summed E-state index contributed by atoms with van der Waals surface area (Å²) in [6, 6.07) is 4.79. The lowest BCUT2D eigenvalue weighted by Gasteiger charge is -2.14. The molecule has 1 atom stereocenters. The molecule has 2 aromatic rings. The highest BCUT2D eigenvalue weighted by atomic mass is 32.1. The van der Waals surface area contributed by atoms with Crippen molar-refractivity contribution < 1.29 is 0 Å². The average molecular weight is 275 g/mol. The molecule has 1 aliphatic carbocycles. The minimum Gasteiger partial charge on any atom is -0.307 e. The van der Waals surface area contributed by atoms with Crippen molar-refractivity contribution in [1.29, 1.82) is 0 Å². The Bertz CT molecular complexity index is 532. The van der Waals surface area contributed by atoms with Crippen molar-refractivity contribution in [2.45, 2.75) is 38.1 Å². The zero-order valence-corrected chi connectivity index (χ0v) is 12.5. The summed E-state index contributed by atoms with van der Waals surface area (Å²) >= 11 is 1.98. The van der Waals surface area contributed by atoms with E-state index < -0.39 is 0 Å². The SMILES string of the molecule is CNC(c1cc2c(s1)CCCCC2)c1ccnn1C. The largest absolute Gasteiger partial charge is 0.307 e. The minimum absolute atomic E-state index is 0.268. The zero-order chi connectivity index (χ0) is 13.2. The van der Waals surface area contributed by atoms with E-state index in [-0.39, 0.29) is 6.04 Å². The lowest BCUT2D eigenvalue weighted by molar-refractivity contribution is 0.612. The normalized spacial score (nSPS) is 16.9. The Morgan fingerprint density at radius 2 is 2.16 bits per heavy atom. The van der Waals surface area contributed by atoms with Crippen LogP contribution in [-0.2, 0) is 19.9 Å². The Labute approximate surface area is 118 Å². The number of hydrogen-bond donors (Lipinski definition) is 1. The van der Waals surface area contributed by atoms with E-state index in [4.69, 9.17) is 0 Å². The third-order valence-electron chi connectivity index (χ3n) is 3.99. The van der Waals surface area contributed by atoms with Gasteiger partial charge in [0, 0.05) is 23.0 Å². The van der Waals surface area contributed by atoms with Gasteiger partial charge in [0.05, 0.1) is 11.7 Å². The van der Waals surface area contributed by atoms with Gasteiger partial charge in [0.15, 0.2) is 0 Å². The van der Waals surface area contributed by atoms with Crippen molar-refractivity contribution in [1.82, 2.24) is 15.1 Å². The average Bonchev–Trinajstić information content (AvgIpc) is 2.93. The fourth-order valence-corrected chi connectivity index (χ4v) is 4.32. The minimum atomic E-state index is 0.268. The molecule has 2 heterocycles. The van der Waals surface area contributed by atoms with E-state index in [1.54, 1.807) is 10.4 Å². The van der Waals surface area contributed by atoms with Crippen molar-refractivity contribution in [3.05, 3.63) is 39.3 Å². The zero-order valence-electron chi connectivity index (χ0n) is 11.6. The number of nitrogens with zero attached hydrogens (tertiary/aromatic N) is 2. The number of thiophene rings is 1. The van der Waals surface area contributed by atoms with E-state index in [0.717, 1.165) is 0 Å². The van der Waals surface area contributed by atoms with Crippen LogP contribution in [0.4, 0.5) is 0 Å². The molecule has 19 heavy (non-hydrogen) atoms. The van der Waals surface area contributed by atoms with Gasteiger partial charge in [-0.05, 0) is 50.4 Å². The second-order valence-corrected chi connectivity index (χ2v) is 6.43. The molecular formula is C15H21N3S. The second kappa shape index (κ2) is 5.47. The summed E-state index contributed by atoms with van der Waals surface area (Å²) in [5.41, 5.74) is 2.82. The van der Waals surface area contributed by atoms with Crippen LogP contribution in [0.1, 0.15) is 46.3 Å². The molecular weight excluding hydrogens is 254 g/mol. The molecule has 3 rings (SSSR count). The molecule has 0 aliphatic heterocycles. The van der Waals surface area contributed by atoms with Crippen LogP contribution in [0.15, 0.2) is 18.3 Å². The predicted molar refractivity (Wildman–Crippen MR) is 79.7 cm³/mol. The molecule has 1 unspecified atom stereocenters. The van der Waals surface area contributed by atoms with Crippen molar-refractivity contribution in [3.8, 4) is 0 Å². The molecule has 2 aromatic heterocycles. The molecule has 102 valence electrons. The molecule has 4 heteroatoms. The van der Waals surface area contributed by atoms with Crippen LogP contribution in [0.25, 0.3) is 0 Å². The first-order chi connectivity index (χ1) is 9.29. The maximum atomic E-state index is 4.29. The van der Waals surface area contributed by atoms with Gasteiger partial charge in [0.25, 0.3) is 0 Å². The highest BCUT2D eigenvalue weighted by molar-refractivity contribution is 7.12. The first-order valence-corrected chi connectivity index (χ1v) is 7.88. The summed E-state index contributed by atoms with van der Waals surface area (Å²) in [5.74, 6) is 0. The molecule has 0 radical (unpaired) electrons. The standard InChI is InChI=1S/C15H21N3S/c1-16-15(12-8-9-17-18(12)2)14-10-11-6-4-3-5-7-13(11)19-14/h8-10,15-16H,3-7H2,1-2H3. The van der Waals surface area contributed by atoms with Crippen LogP contribution < -0.4 is 5.32 Å². The van der Waals surface area contributed by atoms with Crippen LogP contribution in [0.3, 0.4) is 0 Å². The number of aromatic nitrogens is 2. The molecule has 0 fully saturated rings. The molecule has 0 saturated heterocycles. The van der Waals surface area contributed by atoms with Crippen molar-refractivity contribution in [3.63, 3.8) is 0 Å². The van der Waals surface area contributed by atoms with E-state index >= 15 is 0 Å². The Balaban J connectivity index is 1.94. The monoisotopic (exact) mass is 275 g/mol. The molecule has 0 aromatic carbocycles. The van der Waals surface area contributed by atoms with Crippen LogP contribution in [0.2, 0.25) is 0 Å². The Kier molecular flexibility index (Phi) is 3.71. The summed E-state index contributed by atoms with van der Waals surface area (Å²) in [4.78, 5) is 3.04. The molecule has 0 spiro atoms. The number of fused-ring (bicyclic) bond motifs is 1. The van der Waals surface area contributed by atoms with Crippen molar-refractivity contribution in [2.75, 3.05) is 7.05 Å². The van der Waals surface area contributed by atoms with E-state index in [2.05, 4.69) is 22.5 Å². The Hall–Kier alpha value is -1.13. The quantitative estimate of drug-likeness (QED) is 0.873. The first-order valence-electron chi connectivity index (χ1n) is 7.06. The van der Waals surface area contributed by atoms with E-state index in [1.807, 2.05) is 36.3 Å². The van der Waals surface area contributed by atoms with Gasteiger partial charge in [0.2, 0.25) is 0 Å². The van der Waals surface area contributed by atoms with Gasteiger partial charge in [-0.3, -0.25) is 4.68 Å². The third kappa shape index (κ3) is 2.47. The van der Waals surface area contributed by atoms with Crippen molar-refractivity contribution in [2.24, 2.45) is 7.05 Å². The lowest BCUT2D eigenvalue weighted by atomic mass is 10.1. The summed E-state index contributed by atoms with van der Waals surface area (Å²) < 4.78 is 1.96. The molecule has 0 saturated carbocycles. The number of nitrogens with one attached hydrogen (secondary N) is 1. The first kappa shape index (κ1) is 12.9. The van der Waals surface area contributed by atoms with Crippen LogP contribution >= 0.6 is 11.3 Å². The number of hydrogen-bond acceptors (Lipinski definition) is 3. The third-order valence-corrected chi connectivity index (χ3v) is 5.30. The summed E-state index contributed by atoms with van der Waals surface area (Å²) in [5, 5.41) is 7.73. The maximum absolute atomic E-state index is 4.29. The number of rotatable bonds is 3. The summed E-state index contributed by atoms with van der Waals surface area (Å²) in [6.45, 7) is 0. The fraction of sp³-hybridized carbons (Fsp3) is 0.533. The smallest absolute Gasteiger partial charge is 0.0839 e. The van der Waals surface area contributed by atoms with Crippen molar-refractivity contribution >= 4 is 11.3 Å². The topological polar surface area (TPSA) is 29.9 Å². The Morgan fingerprint density at radius 1 is 1.32 bits per heavy atom. The maximum Gasteiger partial charge on any atom is 0.0839 e. The van der Waals surface area contributed by atoms with Gasteiger partial charge in [-0.25, -0.2) is 0 Å². The van der Waals surface area contributed by atoms with E-state index in [9.17, 15) is 0 Å².